The summed E-state index contributed by atoms with van der Waals surface area (Å²) in [5.41, 5.74) is 0.0480. The Kier molecular flexibility index (Phi) is 6.66. The van der Waals surface area contributed by atoms with Gasteiger partial charge < -0.3 is 20.1 Å². The van der Waals surface area contributed by atoms with Gasteiger partial charge in [-0.1, -0.05) is 13.8 Å². The number of aliphatic imine (C=N–C) groups is 1. The van der Waals surface area contributed by atoms with Crippen molar-refractivity contribution in [3.05, 3.63) is 0 Å². The summed E-state index contributed by atoms with van der Waals surface area (Å²) < 4.78 is 38.4. The molecule has 4 atom stereocenters. The van der Waals surface area contributed by atoms with E-state index in [2.05, 4.69) is 34.2 Å². The minimum absolute atomic E-state index is 0.00154. The molecule has 0 aromatic heterocycles. The van der Waals surface area contributed by atoms with Crippen molar-refractivity contribution in [3.8, 4) is 0 Å². The van der Waals surface area contributed by atoms with Gasteiger partial charge in [0.1, 0.15) is 0 Å². The molecule has 3 fully saturated rings. The molecule has 0 spiro atoms. The van der Waals surface area contributed by atoms with Gasteiger partial charge in [-0.15, -0.1) is 0 Å². The Hall–Kier alpha value is -0.900. The number of ether oxygens (including phenoxy) is 2. The van der Waals surface area contributed by atoms with Gasteiger partial charge in [-0.3, -0.25) is 4.99 Å². The maximum atomic E-state index is 12.2. The summed E-state index contributed by atoms with van der Waals surface area (Å²) in [6, 6.07) is 0.286. The lowest BCUT2D eigenvalue weighted by atomic mass is 9.57. The molecule has 2 heterocycles. The minimum Gasteiger partial charge on any atom is -0.377 e. The van der Waals surface area contributed by atoms with E-state index in [9.17, 15) is 8.42 Å². The fourth-order valence-corrected chi connectivity index (χ4v) is 5.48. The molecule has 1 aliphatic carbocycles. The largest absolute Gasteiger partial charge is 0.377 e. The smallest absolute Gasteiger partial charge is 0.213 e. The van der Waals surface area contributed by atoms with Gasteiger partial charge in [0.05, 0.1) is 18.0 Å². The predicted octanol–water partition coefficient (Wildman–Crippen LogP) is 0.453. The monoisotopic (exact) mass is 402 g/mol. The zero-order chi connectivity index (χ0) is 19.5. The van der Waals surface area contributed by atoms with Crippen LogP contribution in [0.25, 0.3) is 0 Å². The van der Waals surface area contributed by atoms with Gasteiger partial charge in [-0.25, -0.2) is 13.1 Å². The van der Waals surface area contributed by atoms with E-state index in [-0.39, 0.29) is 23.3 Å². The summed E-state index contributed by atoms with van der Waals surface area (Å²) in [4.78, 5) is 4.25. The fraction of sp³-hybridized carbons (Fsp3) is 0.944. The number of nitrogens with zero attached hydrogens (tertiary/aromatic N) is 1. The highest BCUT2D eigenvalue weighted by molar-refractivity contribution is 7.89. The number of hydrogen-bond donors (Lipinski definition) is 3. The van der Waals surface area contributed by atoms with Crippen LogP contribution in [0.2, 0.25) is 0 Å². The Balaban J connectivity index is 1.40. The van der Waals surface area contributed by atoms with Crippen LogP contribution >= 0.6 is 0 Å². The quantitative estimate of drug-likeness (QED) is 0.422. The van der Waals surface area contributed by atoms with Gasteiger partial charge in [0.15, 0.2) is 5.96 Å². The van der Waals surface area contributed by atoms with Gasteiger partial charge in [-0.05, 0) is 25.7 Å². The standard InChI is InChI=1S/C18H34N4O4S/c1-18(2)15(14-7-10-26-16(14)18)22-17(19-3)20-8-11-27(23,24)21-12-13-6-4-5-9-25-13/h13-16,21H,4-12H2,1-3H3,(H2,19,20,22). The molecule has 0 bridgehead atoms. The Bertz CT molecular complexity index is 631. The van der Waals surface area contributed by atoms with Crippen molar-refractivity contribution in [2.45, 2.75) is 57.8 Å². The molecule has 2 saturated heterocycles. The van der Waals surface area contributed by atoms with Gasteiger partial charge in [0.25, 0.3) is 0 Å². The van der Waals surface area contributed by atoms with Gasteiger partial charge in [-0.2, -0.15) is 0 Å². The van der Waals surface area contributed by atoms with E-state index < -0.39 is 10.0 Å². The summed E-state index contributed by atoms with van der Waals surface area (Å²) in [6.07, 6.45) is 4.44. The maximum Gasteiger partial charge on any atom is 0.213 e. The second-order valence-electron chi connectivity index (χ2n) is 8.34. The molecular formula is C18H34N4O4S. The van der Waals surface area contributed by atoms with Crippen LogP contribution in [0.3, 0.4) is 0 Å². The molecule has 9 heteroatoms. The van der Waals surface area contributed by atoms with Crippen LogP contribution in [0.4, 0.5) is 0 Å². The molecule has 2 aliphatic heterocycles. The molecule has 0 aromatic carbocycles. The van der Waals surface area contributed by atoms with E-state index in [0.717, 1.165) is 38.9 Å². The zero-order valence-electron chi connectivity index (χ0n) is 16.7. The SMILES string of the molecule is CN=C(NCCS(=O)(=O)NCC1CCCCO1)NC1C2CCOC2C1(C)C. The summed E-state index contributed by atoms with van der Waals surface area (Å²) in [5.74, 6) is 1.15. The summed E-state index contributed by atoms with van der Waals surface area (Å²) in [7, 11) is -1.63. The lowest BCUT2D eigenvalue weighted by Crippen LogP contribution is -2.68. The zero-order valence-corrected chi connectivity index (χ0v) is 17.5. The average molecular weight is 403 g/mol. The summed E-state index contributed by atoms with van der Waals surface area (Å²) in [5, 5.41) is 6.59. The third-order valence-corrected chi connectivity index (χ3v) is 7.43. The van der Waals surface area contributed by atoms with Crippen molar-refractivity contribution in [3.63, 3.8) is 0 Å². The Morgan fingerprint density at radius 1 is 1.19 bits per heavy atom. The number of fused-ring (bicyclic) bond motifs is 1. The van der Waals surface area contributed by atoms with E-state index in [1.165, 1.54) is 0 Å². The van der Waals surface area contributed by atoms with Gasteiger partial charge in [0, 0.05) is 50.7 Å². The first kappa shape index (κ1) is 20.8. The van der Waals surface area contributed by atoms with Crippen LogP contribution in [0, 0.1) is 11.3 Å². The highest BCUT2D eigenvalue weighted by atomic mass is 32.2. The topological polar surface area (TPSA) is 101 Å². The van der Waals surface area contributed by atoms with E-state index in [4.69, 9.17) is 9.47 Å². The Morgan fingerprint density at radius 3 is 2.70 bits per heavy atom. The number of guanidine groups is 1. The van der Waals surface area contributed by atoms with Gasteiger partial charge >= 0.3 is 0 Å². The first-order valence-electron chi connectivity index (χ1n) is 10.0. The van der Waals surface area contributed by atoms with Crippen LogP contribution in [-0.4, -0.2) is 71.7 Å². The van der Waals surface area contributed by atoms with E-state index in [0.29, 0.717) is 31.1 Å². The molecule has 0 amide bonds. The first-order valence-corrected chi connectivity index (χ1v) is 11.7. The van der Waals surface area contributed by atoms with Crippen molar-refractivity contribution < 1.29 is 17.9 Å². The molecule has 27 heavy (non-hydrogen) atoms. The molecule has 1 saturated carbocycles. The van der Waals surface area contributed by atoms with Crippen LogP contribution in [-0.2, 0) is 19.5 Å². The third kappa shape index (κ3) is 4.93. The highest BCUT2D eigenvalue weighted by Crippen LogP contribution is 2.52. The summed E-state index contributed by atoms with van der Waals surface area (Å²) >= 11 is 0. The fourth-order valence-electron chi connectivity index (χ4n) is 4.52. The van der Waals surface area contributed by atoms with Crippen LogP contribution in [0.5, 0.6) is 0 Å². The van der Waals surface area contributed by atoms with Crippen molar-refractivity contribution >= 4 is 16.0 Å². The molecule has 3 N–H and O–H groups in total. The Labute approximate surface area is 162 Å². The van der Waals surface area contributed by atoms with Crippen molar-refractivity contribution in [1.82, 2.24) is 15.4 Å². The molecule has 3 rings (SSSR count). The Morgan fingerprint density at radius 2 is 2.00 bits per heavy atom. The average Bonchev–Trinajstić information content (AvgIpc) is 3.11. The van der Waals surface area contributed by atoms with Crippen molar-refractivity contribution in [2.24, 2.45) is 16.3 Å². The van der Waals surface area contributed by atoms with Crippen molar-refractivity contribution in [1.29, 1.82) is 0 Å². The van der Waals surface area contributed by atoms with E-state index >= 15 is 0 Å². The lowest BCUT2D eigenvalue weighted by Gasteiger charge is -2.54. The molecule has 4 unspecified atom stereocenters. The molecule has 8 nitrogen and oxygen atoms in total. The number of nitrogens with one attached hydrogen (secondary N) is 3. The van der Waals surface area contributed by atoms with Crippen LogP contribution < -0.4 is 15.4 Å². The molecule has 3 aliphatic rings. The normalized spacial score (nSPS) is 33.2. The van der Waals surface area contributed by atoms with E-state index in [1.54, 1.807) is 7.05 Å². The maximum absolute atomic E-state index is 12.2. The van der Waals surface area contributed by atoms with Crippen molar-refractivity contribution in [2.75, 3.05) is 39.1 Å². The second-order valence-corrected chi connectivity index (χ2v) is 10.3. The lowest BCUT2D eigenvalue weighted by molar-refractivity contribution is -0.106. The van der Waals surface area contributed by atoms with Gasteiger partial charge in [0.2, 0.25) is 10.0 Å². The first-order chi connectivity index (χ1) is 12.8. The number of sulfonamides is 1. The second kappa shape index (κ2) is 8.63. The van der Waals surface area contributed by atoms with Crippen LogP contribution in [0.1, 0.15) is 39.5 Å². The predicted molar refractivity (Wildman–Crippen MR) is 105 cm³/mol. The highest BCUT2D eigenvalue weighted by Gasteiger charge is 2.59. The molecule has 0 radical (unpaired) electrons. The minimum atomic E-state index is -3.34. The van der Waals surface area contributed by atoms with E-state index in [1.807, 2.05) is 0 Å². The van der Waals surface area contributed by atoms with Crippen LogP contribution in [0.15, 0.2) is 4.99 Å². The summed E-state index contributed by atoms with van der Waals surface area (Å²) in [6.45, 7) is 6.60. The molecule has 0 aromatic rings. The number of hydrogen-bond acceptors (Lipinski definition) is 5. The molecular weight excluding hydrogens is 368 g/mol. The molecule has 156 valence electrons. The third-order valence-electron chi connectivity index (χ3n) is 6.08. The number of rotatable bonds is 7.